The fourth-order valence-electron chi connectivity index (χ4n) is 2.62. The molecule has 22 heavy (non-hydrogen) atoms. The van der Waals surface area contributed by atoms with Crippen LogP contribution in [0.25, 0.3) is 10.9 Å². The van der Waals surface area contributed by atoms with Crippen LogP contribution < -0.4 is 0 Å². The predicted octanol–water partition coefficient (Wildman–Crippen LogP) is 3.15. The molecule has 0 unspecified atom stereocenters. The van der Waals surface area contributed by atoms with E-state index < -0.39 is 0 Å². The Morgan fingerprint density at radius 1 is 1.23 bits per heavy atom. The zero-order valence-corrected chi connectivity index (χ0v) is 12.6. The molecule has 0 fully saturated rings. The second-order valence-corrected chi connectivity index (χ2v) is 5.47. The third kappa shape index (κ3) is 3.17. The number of hydrogen-bond acceptors (Lipinski definition) is 2. The minimum Gasteiger partial charge on any atom is -0.361 e. The predicted molar refractivity (Wildman–Crippen MR) is 87.3 cm³/mol. The third-order valence-electron chi connectivity index (χ3n) is 3.85. The van der Waals surface area contributed by atoms with Gasteiger partial charge in [-0.15, -0.1) is 0 Å². The van der Waals surface area contributed by atoms with Crippen LogP contribution in [0.5, 0.6) is 0 Å². The van der Waals surface area contributed by atoms with Crippen LogP contribution in [0.2, 0.25) is 0 Å². The van der Waals surface area contributed by atoms with E-state index in [9.17, 15) is 4.79 Å². The van der Waals surface area contributed by atoms with Gasteiger partial charge in [0, 0.05) is 49.5 Å². The molecule has 0 radical (unpaired) electrons. The number of carbonyl (C=O) groups excluding carboxylic acids is 1. The molecule has 0 bridgehead atoms. The molecular formula is C18H19N3O. The Bertz CT molecular complexity index is 764. The summed E-state index contributed by atoms with van der Waals surface area (Å²) in [7, 11) is 1.84. The van der Waals surface area contributed by atoms with Gasteiger partial charge < -0.3 is 9.88 Å². The molecule has 112 valence electrons. The summed E-state index contributed by atoms with van der Waals surface area (Å²) in [5.41, 5.74) is 3.36. The van der Waals surface area contributed by atoms with Gasteiger partial charge in [0.15, 0.2) is 0 Å². The number of aryl methyl sites for hydroxylation is 1. The van der Waals surface area contributed by atoms with Gasteiger partial charge in [-0.25, -0.2) is 0 Å². The SMILES string of the molecule is CN(Cc1cccnc1)C(=O)CCc1c[nH]c2ccccc12. The average molecular weight is 293 g/mol. The van der Waals surface area contributed by atoms with Gasteiger partial charge in [0.2, 0.25) is 5.91 Å². The summed E-state index contributed by atoms with van der Waals surface area (Å²) < 4.78 is 0. The number of para-hydroxylation sites is 1. The topological polar surface area (TPSA) is 49.0 Å². The average Bonchev–Trinajstić information content (AvgIpc) is 2.97. The molecule has 2 heterocycles. The number of nitrogens with one attached hydrogen (secondary N) is 1. The lowest BCUT2D eigenvalue weighted by molar-refractivity contribution is -0.130. The van der Waals surface area contributed by atoms with Crippen LogP contribution in [-0.2, 0) is 17.8 Å². The zero-order valence-electron chi connectivity index (χ0n) is 12.6. The van der Waals surface area contributed by atoms with Crippen molar-refractivity contribution >= 4 is 16.8 Å². The zero-order chi connectivity index (χ0) is 15.4. The Labute approximate surface area is 129 Å². The number of benzene rings is 1. The summed E-state index contributed by atoms with van der Waals surface area (Å²) in [6, 6.07) is 12.0. The van der Waals surface area contributed by atoms with Crippen LogP contribution in [0.3, 0.4) is 0 Å². The normalized spacial score (nSPS) is 10.8. The molecule has 1 aromatic carbocycles. The highest BCUT2D eigenvalue weighted by molar-refractivity contribution is 5.84. The van der Waals surface area contributed by atoms with Gasteiger partial charge in [0.05, 0.1) is 0 Å². The molecule has 4 nitrogen and oxygen atoms in total. The van der Waals surface area contributed by atoms with Crippen LogP contribution in [0.15, 0.2) is 55.0 Å². The van der Waals surface area contributed by atoms with Gasteiger partial charge >= 0.3 is 0 Å². The number of amides is 1. The van der Waals surface area contributed by atoms with Crippen LogP contribution in [0.1, 0.15) is 17.5 Å². The van der Waals surface area contributed by atoms with Crippen molar-refractivity contribution in [2.24, 2.45) is 0 Å². The minimum absolute atomic E-state index is 0.147. The summed E-state index contributed by atoms with van der Waals surface area (Å²) in [6.45, 7) is 0.598. The number of nitrogens with zero attached hydrogens (tertiary/aromatic N) is 2. The number of carbonyl (C=O) groups is 1. The fourth-order valence-corrected chi connectivity index (χ4v) is 2.62. The number of hydrogen-bond donors (Lipinski definition) is 1. The van der Waals surface area contributed by atoms with Crippen molar-refractivity contribution in [1.29, 1.82) is 0 Å². The molecular weight excluding hydrogens is 274 g/mol. The number of aromatic amines is 1. The van der Waals surface area contributed by atoms with Crippen molar-refractivity contribution in [3.63, 3.8) is 0 Å². The van der Waals surface area contributed by atoms with Gasteiger partial charge in [-0.2, -0.15) is 0 Å². The number of rotatable bonds is 5. The van der Waals surface area contributed by atoms with Crippen molar-refractivity contribution < 1.29 is 4.79 Å². The minimum atomic E-state index is 0.147. The van der Waals surface area contributed by atoms with Gasteiger partial charge in [-0.1, -0.05) is 24.3 Å². The van der Waals surface area contributed by atoms with Crippen molar-refractivity contribution in [2.75, 3.05) is 7.05 Å². The van der Waals surface area contributed by atoms with Crippen molar-refractivity contribution in [3.8, 4) is 0 Å². The Kier molecular flexibility index (Phi) is 4.19. The van der Waals surface area contributed by atoms with Crippen LogP contribution in [0, 0.1) is 0 Å². The molecule has 0 aliphatic heterocycles. The molecule has 0 spiro atoms. The van der Waals surface area contributed by atoms with E-state index >= 15 is 0 Å². The molecule has 0 saturated heterocycles. The molecule has 3 aromatic rings. The fraction of sp³-hybridized carbons (Fsp3) is 0.222. The molecule has 1 N–H and O–H groups in total. The monoisotopic (exact) mass is 293 g/mol. The Balaban J connectivity index is 1.60. The van der Waals surface area contributed by atoms with E-state index in [1.807, 2.05) is 37.5 Å². The maximum absolute atomic E-state index is 12.3. The first-order valence-electron chi connectivity index (χ1n) is 7.42. The second kappa shape index (κ2) is 6.43. The van der Waals surface area contributed by atoms with E-state index in [-0.39, 0.29) is 5.91 Å². The highest BCUT2D eigenvalue weighted by atomic mass is 16.2. The smallest absolute Gasteiger partial charge is 0.222 e. The van der Waals surface area contributed by atoms with Crippen molar-refractivity contribution in [1.82, 2.24) is 14.9 Å². The lowest BCUT2D eigenvalue weighted by Gasteiger charge is -2.17. The maximum Gasteiger partial charge on any atom is 0.222 e. The van der Waals surface area contributed by atoms with Gasteiger partial charge in [0.1, 0.15) is 0 Å². The standard InChI is InChI=1S/C18H19N3O/c1-21(13-14-5-4-10-19-11-14)18(22)9-8-15-12-20-17-7-3-2-6-16(15)17/h2-7,10-12,20H,8-9,13H2,1H3. The Hall–Kier alpha value is -2.62. The summed E-state index contributed by atoms with van der Waals surface area (Å²) >= 11 is 0. The van der Waals surface area contributed by atoms with Crippen molar-refractivity contribution in [2.45, 2.75) is 19.4 Å². The molecule has 1 amide bonds. The van der Waals surface area contributed by atoms with Crippen molar-refractivity contribution in [3.05, 3.63) is 66.1 Å². The molecule has 0 saturated carbocycles. The summed E-state index contributed by atoms with van der Waals surface area (Å²) in [4.78, 5) is 21.4. The van der Waals surface area contributed by atoms with E-state index in [0.29, 0.717) is 13.0 Å². The van der Waals surface area contributed by atoms with E-state index in [0.717, 1.165) is 17.5 Å². The van der Waals surface area contributed by atoms with Crippen LogP contribution in [0.4, 0.5) is 0 Å². The largest absolute Gasteiger partial charge is 0.361 e. The lowest BCUT2D eigenvalue weighted by Crippen LogP contribution is -2.26. The van der Waals surface area contributed by atoms with E-state index in [4.69, 9.17) is 0 Å². The van der Waals surface area contributed by atoms with E-state index in [1.165, 1.54) is 10.9 Å². The molecule has 3 rings (SSSR count). The number of aromatic nitrogens is 2. The van der Waals surface area contributed by atoms with Gasteiger partial charge in [-0.05, 0) is 29.7 Å². The lowest BCUT2D eigenvalue weighted by atomic mass is 10.1. The Morgan fingerprint density at radius 3 is 2.91 bits per heavy atom. The Morgan fingerprint density at radius 2 is 2.09 bits per heavy atom. The third-order valence-corrected chi connectivity index (χ3v) is 3.85. The first-order valence-corrected chi connectivity index (χ1v) is 7.42. The molecule has 4 heteroatoms. The van der Waals surface area contributed by atoms with E-state index in [1.54, 1.807) is 17.3 Å². The second-order valence-electron chi connectivity index (χ2n) is 5.47. The van der Waals surface area contributed by atoms with Crippen LogP contribution >= 0.6 is 0 Å². The first-order chi connectivity index (χ1) is 10.7. The number of H-pyrrole nitrogens is 1. The number of fused-ring (bicyclic) bond motifs is 1. The molecule has 0 aliphatic carbocycles. The van der Waals surface area contributed by atoms with E-state index in [2.05, 4.69) is 22.1 Å². The molecule has 0 aliphatic rings. The molecule has 2 aromatic heterocycles. The highest BCUT2D eigenvalue weighted by Gasteiger charge is 2.11. The quantitative estimate of drug-likeness (QED) is 0.785. The van der Waals surface area contributed by atoms with Gasteiger partial charge in [0.25, 0.3) is 0 Å². The summed E-state index contributed by atoms with van der Waals surface area (Å²) in [5, 5.41) is 1.20. The summed E-state index contributed by atoms with van der Waals surface area (Å²) in [5.74, 6) is 0.147. The van der Waals surface area contributed by atoms with Crippen LogP contribution in [-0.4, -0.2) is 27.8 Å². The molecule has 0 atom stereocenters. The highest BCUT2D eigenvalue weighted by Crippen LogP contribution is 2.19. The first kappa shape index (κ1) is 14.3. The number of pyridine rings is 1. The maximum atomic E-state index is 12.3. The summed E-state index contributed by atoms with van der Waals surface area (Å²) in [6.07, 6.45) is 6.80. The van der Waals surface area contributed by atoms with Gasteiger partial charge in [-0.3, -0.25) is 9.78 Å².